The van der Waals surface area contributed by atoms with Gasteiger partial charge < -0.3 is 15.8 Å². The van der Waals surface area contributed by atoms with Gasteiger partial charge in [0.2, 0.25) is 0 Å². The van der Waals surface area contributed by atoms with Gasteiger partial charge in [0.1, 0.15) is 5.75 Å². The highest BCUT2D eigenvalue weighted by atomic mass is 79.9. The number of nitrogen functional groups attached to an aromatic ring is 1. The molecular formula is C15H15BrN2O2. The summed E-state index contributed by atoms with van der Waals surface area (Å²) in [7, 11) is 1.57. The molecule has 0 aliphatic carbocycles. The lowest BCUT2D eigenvalue weighted by Crippen LogP contribution is -2.13. The molecule has 20 heavy (non-hydrogen) atoms. The van der Waals surface area contributed by atoms with Gasteiger partial charge in [0, 0.05) is 15.7 Å². The van der Waals surface area contributed by atoms with E-state index in [-0.39, 0.29) is 5.91 Å². The van der Waals surface area contributed by atoms with Gasteiger partial charge in [0.15, 0.2) is 0 Å². The van der Waals surface area contributed by atoms with E-state index in [9.17, 15) is 4.79 Å². The van der Waals surface area contributed by atoms with E-state index < -0.39 is 0 Å². The number of ether oxygens (including phenoxy) is 1. The number of anilines is 2. The van der Waals surface area contributed by atoms with Crippen molar-refractivity contribution in [3.63, 3.8) is 0 Å². The molecule has 0 spiro atoms. The zero-order valence-corrected chi connectivity index (χ0v) is 12.8. The second-order valence-electron chi connectivity index (χ2n) is 4.38. The smallest absolute Gasteiger partial charge is 0.255 e. The summed E-state index contributed by atoms with van der Waals surface area (Å²) in [6.07, 6.45) is 0. The predicted molar refractivity (Wildman–Crippen MR) is 84.2 cm³/mol. The lowest BCUT2D eigenvalue weighted by Gasteiger charge is -2.13. The molecule has 0 saturated heterocycles. The van der Waals surface area contributed by atoms with Crippen LogP contribution in [0.4, 0.5) is 11.4 Å². The molecule has 0 bridgehead atoms. The first-order valence-electron chi connectivity index (χ1n) is 6.02. The third-order valence-electron chi connectivity index (χ3n) is 2.90. The molecule has 0 aliphatic rings. The average Bonchev–Trinajstić information content (AvgIpc) is 2.42. The number of nitrogens with one attached hydrogen (secondary N) is 1. The van der Waals surface area contributed by atoms with Crippen LogP contribution in [0.2, 0.25) is 0 Å². The van der Waals surface area contributed by atoms with E-state index in [2.05, 4.69) is 21.2 Å². The summed E-state index contributed by atoms with van der Waals surface area (Å²) < 4.78 is 6.20. The topological polar surface area (TPSA) is 64.3 Å². The Morgan fingerprint density at radius 2 is 1.90 bits per heavy atom. The van der Waals surface area contributed by atoms with Crippen molar-refractivity contribution in [2.75, 3.05) is 18.2 Å². The van der Waals surface area contributed by atoms with Crippen LogP contribution in [0, 0.1) is 6.92 Å². The Morgan fingerprint density at radius 1 is 1.25 bits per heavy atom. The standard InChI is InChI=1S/C15H15BrN2O2/c1-9-7-11(16)8-13(20-2)14(9)18-15(19)10-3-5-12(17)6-4-10/h3-8H,17H2,1-2H3,(H,18,19). The largest absolute Gasteiger partial charge is 0.495 e. The van der Waals surface area contributed by atoms with Crippen LogP contribution in [0.1, 0.15) is 15.9 Å². The van der Waals surface area contributed by atoms with E-state index in [4.69, 9.17) is 10.5 Å². The molecule has 0 radical (unpaired) electrons. The molecule has 4 nitrogen and oxygen atoms in total. The van der Waals surface area contributed by atoms with E-state index in [0.29, 0.717) is 22.7 Å². The van der Waals surface area contributed by atoms with Crippen LogP contribution in [0.25, 0.3) is 0 Å². The lowest BCUT2D eigenvalue weighted by molar-refractivity contribution is 0.102. The molecule has 0 heterocycles. The molecule has 2 rings (SSSR count). The fourth-order valence-electron chi connectivity index (χ4n) is 1.85. The minimum Gasteiger partial charge on any atom is -0.495 e. The van der Waals surface area contributed by atoms with Crippen molar-refractivity contribution < 1.29 is 9.53 Å². The number of hydrogen-bond donors (Lipinski definition) is 2. The zero-order chi connectivity index (χ0) is 14.7. The molecule has 2 aromatic carbocycles. The molecule has 2 aromatic rings. The van der Waals surface area contributed by atoms with Gasteiger partial charge in [0.05, 0.1) is 12.8 Å². The Kier molecular flexibility index (Phi) is 4.29. The Hall–Kier alpha value is -2.01. The van der Waals surface area contributed by atoms with Gasteiger partial charge in [0.25, 0.3) is 5.91 Å². The first-order valence-corrected chi connectivity index (χ1v) is 6.81. The minimum atomic E-state index is -0.200. The summed E-state index contributed by atoms with van der Waals surface area (Å²) in [5.41, 5.74) is 8.36. The molecule has 0 fully saturated rings. The number of carbonyl (C=O) groups is 1. The number of nitrogens with two attached hydrogens (primary N) is 1. The average molecular weight is 335 g/mol. The Balaban J connectivity index is 2.30. The van der Waals surface area contributed by atoms with Gasteiger partial charge in [-0.05, 0) is 48.9 Å². The van der Waals surface area contributed by atoms with Crippen LogP contribution in [-0.2, 0) is 0 Å². The first-order chi connectivity index (χ1) is 9.51. The van der Waals surface area contributed by atoms with Gasteiger partial charge in [-0.3, -0.25) is 4.79 Å². The number of benzene rings is 2. The number of halogens is 1. The molecule has 104 valence electrons. The maximum absolute atomic E-state index is 12.2. The number of carbonyl (C=O) groups excluding carboxylic acids is 1. The third-order valence-corrected chi connectivity index (χ3v) is 3.35. The van der Waals surface area contributed by atoms with Crippen LogP contribution in [0.3, 0.4) is 0 Å². The first kappa shape index (κ1) is 14.4. The van der Waals surface area contributed by atoms with Gasteiger partial charge in [-0.1, -0.05) is 15.9 Å². The predicted octanol–water partition coefficient (Wildman–Crippen LogP) is 3.60. The SMILES string of the molecule is COc1cc(Br)cc(C)c1NC(=O)c1ccc(N)cc1. The van der Waals surface area contributed by atoms with Crippen molar-refractivity contribution in [3.05, 3.63) is 52.0 Å². The highest BCUT2D eigenvalue weighted by Gasteiger charge is 2.13. The third kappa shape index (κ3) is 3.11. The molecule has 0 saturated carbocycles. The maximum Gasteiger partial charge on any atom is 0.255 e. The van der Waals surface area contributed by atoms with Crippen LogP contribution in [0.15, 0.2) is 40.9 Å². The fraction of sp³-hybridized carbons (Fsp3) is 0.133. The summed E-state index contributed by atoms with van der Waals surface area (Å²) in [6.45, 7) is 1.91. The van der Waals surface area contributed by atoms with Gasteiger partial charge in [-0.2, -0.15) is 0 Å². The van der Waals surface area contributed by atoms with Crippen molar-refractivity contribution in [2.24, 2.45) is 0 Å². The van der Waals surface area contributed by atoms with Crippen LogP contribution < -0.4 is 15.8 Å². The second kappa shape index (κ2) is 5.96. The maximum atomic E-state index is 12.2. The van der Waals surface area contributed by atoms with Crippen molar-refractivity contribution >= 4 is 33.2 Å². The van der Waals surface area contributed by atoms with Crippen molar-refractivity contribution in [1.29, 1.82) is 0 Å². The number of methoxy groups -OCH3 is 1. The molecule has 0 aromatic heterocycles. The number of hydrogen-bond acceptors (Lipinski definition) is 3. The van der Waals surface area contributed by atoms with E-state index in [1.807, 2.05) is 19.1 Å². The van der Waals surface area contributed by atoms with Gasteiger partial charge >= 0.3 is 0 Å². The summed E-state index contributed by atoms with van der Waals surface area (Å²) in [5.74, 6) is 0.411. The summed E-state index contributed by atoms with van der Waals surface area (Å²) in [6, 6.07) is 10.5. The molecule has 5 heteroatoms. The monoisotopic (exact) mass is 334 g/mol. The van der Waals surface area contributed by atoms with Gasteiger partial charge in [-0.25, -0.2) is 0 Å². The quantitative estimate of drug-likeness (QED) is 0.843. The Bertz CT molecular complexity index is 639. The number of aryl methyl sites for hydroxylation is 1. The lowest BCUT2D eigenvalue weighted by atomic mass is 10.1. The zero-order valence-electron chi connectivity index (χ0n) is 11.2. The van der Waals surface area contributed by atoms with E-state index in [1.165, 1.54) is 0 Å². The van der Waals surface area contributed by atoms with Crippen molar-refractivity contribution in [3.8, 4) is 5.75 Å². The Labute approximate surface area is 126 Å². The van der Waals surface area contributed by atoms with E-state index >= 15 is 0 Å². The number of amides is 1. The second-order valence-corrected chi connectivity index (χ2v) is 5.29. The summed E-state index contributed by atoms with van der Waals surface area (Å²) in [5, 5.41) is 2.87. The van der Waals surface area contributed by atoms with Crippen molar-refractivity contribution in [2.45, 2.75) is 6.92 Å². The minimum absolute atomic E-state index is 0.200. The molecular weight excluding hydrogens is 320 g/mol. The van der Waals surface area contributed by atoms with Crippen molar-refractivity contribution in [1.82, 2.24) is 0 Å². The highest BCUT2D eigenvalue weighted by molar-refractivity contribution is 9.10. The normalized spacial score (nSPS) is 10.2. The fourth-order valence-corrected chi connectivity index (χ4v) is 2.41. The highest BCUT2D eigenvalue weighted by Crippen LogP contribution is 2.32. The summed E-state index contributed by atoms with van der Waals surface area (Å²) >= 11 is 3.40. The molecule has 0 aliphatic heterocycles. The summed E-state index contributed by atoms with van der Waals surface area (Å²) in [4.78, 5) is 12.2. The molecule has 0 unspecified atom stereocenters. The van der Waals surface area contributed by atoms with Gasteiger partial charge in [-0.15, -0.1) is 0 Å². The molecule has 3 N–H and O–H groups in total. The van der Waals surface area contributed by atoms with E-state index in [0.717, 1.165) is 10.0 Å². The van der Waals surface area contributed by atoms with E-state index in [1.54, 1.807) is 31.4 Å². The van der Waals surface area contributed by atoms with Crippen LogP contribution in [0.5, 0.6) is 5.75 Å². The molecule has 0 atom stereocenters. The van der Waals surface area contributed by atoms with Crippen LogP contribution in [-0.4, -0.2) is 13.0 Å². The number of rotatable bonds is 3. The van der Waals surface area contributed by atoms with Crippen LogP contribution >= 0.6 is 15.9 Å². The Morgan fingerprint density at radius 3 is 2.50 bits per heavy atom. The molecule has 1 amide bonds.